The van der Waals surface area contributed by atoms with Crippen LogP contribution in [0.3, 0.4) is 0 Å². The molecule has 2 aliphatic rings. The molecule has 2 bridgehead atoms. The lowest BCUT2D eigenvalue weighted by Crippen LogP contribution is -2.56. The van der Waals surface area contributed by atoms with Crippen molar-refractivity contribution in [1.82, 2.24) is 5.32 Å². The Hall–Kier alpha value is -1.97. The number of fused-ring (bicyclic) bond motifs is 7. The lowest BCUT2D eigenvalue weighted by atomic mass is 9.89. The van der Waals surface area contributed by atoms with Gasteiger partial charge in [-0.1, -0.05) is 48.5 Å². The van der Waals surface area contributed by atoms with Crippen LogP contribution < -0.4 is 11.1 Å². The second-order valence-electron chi connectivity index (χ2n) is 4.89. The molecule has 4 rings (SSSR count). The molecule has 0 spiro atoms. The van der Waals surface area contributed by atoms with Gasteiger partial charge < -0.3 is 5.73 Å². The molecule has 0 fully saturated rings. The van der Waals surface area contributed by atoms with Crippen LogP contribution >= 0.6 is 0 Å². The average Bonchev–Trinajstić information content (AvgIpc) is 2.70. The monoisotopic (exact) mass is 236 g/mol. The van der Waals surface area contributed by atoms with Crippen molar-refractivity contribution in [3.8, 4) is 0 Å². The van der Waals surface area contributed by atoms with Gasteiger partial charge in [0.1, 0.15) is 0 Å². The molecule has 3 nitrogen and oxygen atoms in total. The molecule has 0 amide bonds. The van der Waals surface area contributed by atoms with E-state index in [4.69, 9.17) is 5.73 Å². The standard InChI is InChI=1S/C15H12N2O/c16-15-12-8-4-3-7-11(12)13(17-15)9-5-1-2-6-10(9)14(15)18/h1-8,13,17H,16H2. The third-order valence-electron chi connectivity index (χ3n) is 3.94. The topological polar surface area (TPSA) is 55.1 Å². The molecule has 0 aromatic heterocycles. The summed E-state index contributed by atoms with van der Waals surface area (Å²) in [6.07, 6.45) is 0. The number of nitrogens with one attached hydrogen (secondary N) is 1. The van der Waals surface area contributed by atoms with E-state index in [9.17, 15) is 4.79 Å². The summed E-state index contributed by atoms with van der Waals surface area (Å²) in [5.41, 5.74) is 9.02. The first-order valence-electron chi connectivity index (χ1n) is 6.01. The first-order valence-corrected chi connectivity index (χ1v) is 6.01. The number of rotatable bonds is 0. The summed E-state index contributed by atoms with van der Waals surface area (Å²) in [7, 11) is 0. The Bertz CT molecular complexity index is 680. The molecule has 2 unspecified atom stereocenters. The molecule has 0 saturated heterocycles. The Labute approximate surface area is 105 Å². The van der Waals surface area contributed by atoms with E-state index in [1.807, 2.05) is 48.5 Å². The van der Waals surface area contributed by atoms with E-state index in [2.05, 4.69) is 5.32 Å². The molecule has 0 saturated carbocycles. The highest BCUT2D eigenvalue weighted by atomic mass is 16.1. The third kappa shape index (κ3) is 0.991. The first-order chi connectivity index (χ1) is 8.72. The Morgan fingerprint density at radius 1 is 1.00 bits per heavy atom. The van der Waals surface area contributed by atoms with Crippen LogP contribution in [0.4, 0.5) is 0 Å². The summed E-state index contributed by atoms with van der Waals surface area (Å²) in [6, 6.07) is 15.6. The van der Waals surface area contributed by atoms with Crippen LogP contribution in [-0.2, 0) is 5.66 Å². The fourth-order valence-corrected chi connectivity index (χ4v) is 3.09. The lowest BCUT2D eigenvalue weighted by Gasteiger charge is -2.31. The van der Waals surface area contributed by atoms with Gasteiger partial charge in [0.25, 0.3) is 0 Å². The zero-order valence-corrected chi connectivity index (χ0v) is 9.68. The summed E-state index contributed by atoms with van der Waals surface area (Å²) in [6.45, 7) is 0. The maximum absolute atomic E-state index is 12.6. The van der Waals surface area contributed by atoms with Gasteiger partial charge in [-0.25, -0.2) is 0 Å². The zero-order chi connectivity index (χ0) is 12.3. The quantitative estimate of drug-likeness (QED) is 0.731. The van der Waals surface area contributed by atoms with E-state index in [0.717, 1.165) is 22.3 Å². The molecule has 2 heterocycles. The van der Waals surface area contributed by atoms with Crippen LogP contribution in [0.2, 0.25) is 0 Å². The van der Waals surface area contributed by atoms with Gasteiger partial charge in [-0.2, -0.15) is 0 Å². The third-order valence-corrected chi connectivity index (χ3v) is 3.94. The Balaban J connectivity index is 2.09. The molecule has 2 atom stereocenters. The zero-order valence-electron chi connectivity index (χ0n) is 9.68. The van der Waals surface area contributed by atoms with Gasteiger partial charge in [0.2, 0.25) is 5.78 Å². The second-order valence-corrected chi connectivity index (χ2v) is 4.89. The molecule has 0 radical (unpaired) electrons. The van der Waals surface area contributed by atoms with Gasteiger partial charge in [0.15, 0.2) is 5.66 Å². The van der Waals surface area contributed by atoms with Crippen LogP contribution in [0.25, 0.3) is 0 Å². The number of Topliss-reactive ketones (excluding diaryl/α,β-unsaturated/α-hetero) is 1. The highest BCUT2D eigenvalue weighted by molar-refractivity contribution is 6.07. The van der Waals surface area contributed by atoms with Crippen molar-refractivity contribution >= 4 is 5.78 Å². The van der Waals surface area contributed by atoms with E-state index < -0.39 is 5.66 Å². The van der Waals surface area contributed by atoms with Gasteiger partial charge >= 0.3 is 0 Å². The van der Waals surface area contributed by atoms with Crippen molar-refractivity contribution in [2.24, 2.45) is 5.73 Å². The molecular weight excluding hydrogens is 224 g/mol. The van der Waals surface area contributed by atoms with Gasteiger partial charge in [-0.05, 0) is 16.7 Å². The summed E-state index contributed by atoms with van der Waals surface area (Å²) in [4.78, 5) is 12.6. The molecule has 3 N–H and O–H groups in total. The summed E-state index contributed by atoms with van der Waals surface area (Å²) < 4.78 is 0. The van der Waals surface area contributed by atoms with E-state index in [1.54, 1.807) is 0 Å². The largest absolute Gasteiger partial charge is 0.303 e. The molecular formula is C15H12N2O. The first kappa shape index (κ1) is 10.00. The molecule has 18 heavy (non-hydrogen) atoms. The molecule has 2 aromatic carbocycles. The number of nitrogens with two attached hydrogens (primary N) is 1. The normalized spacial score (nSPS) is 27.8. The minimum atomic E-state index is -1.06. The van der Waals surface area contributed by atoms with Gasteiger partial charge in [-0.15, -0.1) is 0 Å². The maximum Gasteiger partial charge on any atom is 0.202 e. The van der Waals surface area contributed by atoms with E-state index in [0.29, 0.717) is 0 Å². The Kier molecular flexibility index (Phi) is 1.71. The van der Waals surface area contributed by atoms with Gasteiger partial charge in [-0.3, -0.25) is 10.1 Å². The number of carbonyl (C=O) groups is 1. The maximum atomic E-state index is 12.6. The van der Waals surface area contributed by atoms with Crippen molar-refractivity contribution in [3.05, 3.63) is 70.8 Å². The lowest BCUT2D eigenvalue weighted by molar-refractivity contribution is 0.0841. The Morgan fingerprint density at radius 2 is 1.67 bits per heavy atom. The van der Waals surface area contributed by atoms with E-state index in [1.165, 1.54) is 0 Å². The number of ketones is 1. The number of hydrogen-bond acceptors (Lipinski definition) is 3. The van der Waals surface area contributed by atoms with Gasteiger partial charge in [0, 0.05) is 5.56 Å². The van der Waals surface area contributed by atoms with Crippen LogP contribution in [-0.4, -0.2) is 5.78 Å². The molecule has 2 aromatic rings. The van der Waals surface area contributed by atoms with Crippen molar-refractivity contribution in [3.63, 3.8) is 0 Å². The molecule has 3 heteroatoms. The summed E-state index contributed by atoms with van der Waals surface area (Å²) in [5.74, 6) is -0.0423. The number of benzene rings is 2. The number of carbonyl (C=O) groups excluding carboxylic acids is 1. The van der Waals surface area contributed by atoms with Crippen LogP contribution in [0.15, 0.2) is 48.5 Å². The van der Waals surface area contributed by atoms with Crippen molar-refractivity contribution in [2.75, 3.05) is 0 Å². The smallest absolute Gasteiger partial charge is 0.202 e. The second kappa shape index (κ2) is 3.07. The fourth-order valence-electron chi connectivity index (χ4n) is 3.09. The van der Waals surface area contributed by atoms with Crippen LogP contribution in [0.1, 0.15) is 33.1 Å². The predicted octanol–water partition coefficient (Wildman–Crippen LogP) is 1.69. The SMILES string of the molecule is NC12NC(c3ccccc3C1=O)c1ccccc12. The summed E-state index contributed by atoms with van der Waals surface area (Å²) >= 11 is 0. The predicted molar refractivity (Wildman–Crippen MR) is 68.1 cm³/mol. The van der Waals surface area contributed by atoms with E-state index >= 15 is 0 Å². The fraction of sp³-hybridized carbons (Fsp3) is 0.133. The highest BCUT2D eigenvalue weighted by Gasteiger charge is 2.51. The minimum Gasteiger partial charge on any atom is -0.303 e. The average molecular weight is 236 g/mol. The van der Waals surface area contributed by atoms with Crippen molar-refractivity contribution in [1.29, 1.82) is 0 Å². The molecule has 0 aliphatic carbocycles. The molecule has 2 aliphatic heterocycles. The number of hydrogen-bond donors (Lipinski definition) is 2. The van der Waals surface area contributed by atoms with Gasteiger partial charge in [0.05, 0.1) is 6.04 Å². The minimum absolute atomic E-state index is 0.0279. The summed E-state index contributed by atoms with van der Waals surface area (Å²) in [5, 5.41) is 3.27. The van der Waals surface area contributed by atoms with Crippen LogP contribution in [0, 0.1) is 0 Å². The van der Waals surface area contributed by atoms with Crippen molar-refractivity contribution < 1.29 is 4.79 Å². The Morgan fingerprint density at radius 3 is 2.50 bits per heavy atom. The molecule has 88 valence electrons. The van der Waals surface area contributed by atoms with Crippen LogP contribution in [0.5, 0.6) is 0 Å². The highest BCUT2D eigenvalue weighted by Crippen LogP contribution is 2.44. The van der Waals surface area contributed by atoms with Crippen molar-refractivity contribution in [2.45, 2.75) is 11.7 Å². The van der Waals surface area contributed by atoms with E-state index in [-0.39, 0.29) is 11.8 Å².